The van der Waals surface area contributed by atoms with Gasteiger partial charge in [0.1, 0.15) is 6.04 Å². The van der Waals surface area contributed by atoms with Crippen LogP contribution in [0.15, 0.2) is 0 Å². The van der Waals surface area contributed by atoms with Crippen molar-refractivity contribution < 1.29 is 9.59 Å². The summed E-state index contributed by atoms with van der Waals surface area (Å²) >= 11 is 1.64. The average Bonchev–Trinajstić information content (AvgIpc) is 2.84. The summed E-state index contributed by atoms with van der Waals surface area (Å²) in [5, 5.41) is 2.87. The quantitative estimate of drug-likeness (QED) is 0.730. The van der Waals surface area contributed by atoms with Crippen LogP contribution in [0.5, 0.6) is 0 Å². The molecule has 1 saturated heterocycles. The highest BCUT2D eigenvalue weighted by Gasteiger charge is 2.33. The van der Waals surface area contributed by atoms with E-state index < -0.39 is 0 Å². The Bertz CT molecular complexity index is 310. The number of thioether (sulfide) groups is 1. The van der Waals surface area contributed by atoms with Gasteiger partial charge in [-0.3, -0.25) is 9.59 Å². The molecule has 5 nitrogen and oxygen atoms in total. The van der Waals surface area contributed by atoms with E-state index >= 15 is 0 Å². The van der Waals surface area contributed by atoms with E-state index in [9.17, 15) is 9.59 Å². The Morgan fingerprint density at radius 1 is 1.53 bits per heavy atom. The minimum Gasteiger partial charge on any atom is -0.354 e. The van der Waals surface area contributed by atoms with Crippen molar-refractivity contribution in [3.8, 4) is 0 Å². The van der Waals surface area contributed by atoms with Gasteiger partial charge in [-0.15, -0.1) is 11.8 Å². The van der Waals surface area contributed by atoms with Gasteiger partial charge in [-0.05, 0) is 19.8 Å². The minimum absolute atomic E-state index is 0.0458. The van der Waals surface area contributed by atoms with Crippen LogP contribution in [-0.2, 0) is 9.59 Å². The molecule has 0 aromatic heterocycles. The van der Waals surface area contributed by atoms with Crippen LogP contribution >= 0.6 is 11.8 Å². The number of nitrogens with two attached hydrogens (primary N) is 1. The summed E-state index contributed by atoms with van der Waals surface area (Å²) in [7, 11) is 0. The lowest BCUT2D eigenvalue weighted by molar-refractivity contribution is -0.138. The topological polar surface area (TPSA) is 75.4 Å². The molecule has 0 bridgehead atoms. The Balaban J connectivity index is 2.41. The maximum atomic E-state index is 12.1. The Morgan fingerprint density at radius 2 is 2.26 bits per heavy atom. The molecule has 6 heteroatoms. The SMILES string of the molecule is CCCCC(=O)N1CSCC1C(=O)NCCC(C)N. The van der Waals surface area contributed by atoms with E-state index in [0.717, 1.165) is 19.3 Å². The van der Waals surface area contributed by atoms with Gasteiger partial charge in [0.05, 0.1) is 5.88 Å². The number of hydrogen-bond donors (Lipinski definition) is 2. The predicted molar refractivity (Wildman–Crippen MR) is 78.8 cm³/mol. The molecule has 1 fully saturated rings. The van der Waals surface area contributed by atoms with Crippen LogP contribution in [0.4, 0.5) is 0 Å². The second kappa shape index (κ2) is 8.43. The number of rotatable bonds is 7. The number of unbranched alkanes of at least 4 members (excludes halogenated alkanes) is 1. The highest BCUT2D eigenvalue weighted by atomic mass is 32.2. The summed E-state index contributed by atoms with van der Waals surface area (Å²) in [6.07, 6.45) is 3.19. The lowest BCUT2D eigenvalue weighted by Crippen LogP contribution is -2.47. The first kappa shape index (κ1) is 16.3. The number of hydrogen-bond acceptors (Lipinski definition) is 4. The van der Waals surface area contributed by atoms with Crippen molar-refractivity contribution in [2.24, 2.45) is 5.73 Å². The first-order valence-electron chi connectivity index (χ1n) is 6.96. The number of amides is 2. The molecule has 1 aliphatic rings. The molecule has 0 saturated carbocycles. The van der Waals surface area contributed by atoms with E-state index in [1.54, 1.807) is 16.7 Å². The van der Waals surface area contributed by atoms with E-state index in [1.165, 1.54) is 0 Å². The molecule has 19 heavy (non-hydrogen) atoms. The molecule has 0 spiro atoms. The summed E-state index contributed by atoms with van der Waals surface area (Å²) in [5.74, 6) is 1.38. The lowest BCUT2D eigenvalue weighted by Gasteiger charge is -2.23. The molecule has 2 unspecified atom stereocenters. The van der Waals surface area contributed by atoms with Crippen molar-refractivity contribution in [3.63, 3.8) is 0 Å². The second-order valence-electron chi connectivity index (χ2n) is 5.04. The minimum atomic E-state index is -0.303. The third kappa shape index (κ3) is 5.40. The molecule has 1 rings (SSSR count). The van der Waals surface area contributed by atoms with Gasteiger partial charge in [0.15, 0.2) is 0 Å². The van der Waals surface area contributed by atoms with Gasteiger partial charge in [-0.25, -0.2) is 0 Å². The van der Waals surface area contributed by atoms with Gasteiger partial charge in [0.25, 0.3) is 0 Å². The maximum Gasteiger partial charge on any atom is 0.243 e. The number of carbonyl (C=O) groups is 2. The molecule has 1 aliphatic heterocycles. The van der Waals surface area contributed by atoms with Crippen LogP contribution < -0.4 is 11.1 Å². The molecular weight excluding hydrogens is 262 g/mol. The van der Waals surface area contributed by atoms with Crippen molar-refractivity contribution in [3.05, 3.63) is 0 Å². The normalized spacial score (nSPS) is 20.4. The summed E-state index contributed by atoms with van der Waals surface area (Å²) < 4.78 is 0. The first-order chi connectivity index (χ1) is 9.06. The standard InChI is InChI=1S/C13H25N3O2S/c1-3-4-5-12(17)16-9-19-8-11(16)13(18)15-7-6-10(2)14/h10-11H,3-9,14H2,1-2H3,(H,15,18). The van der Waals surface area contributed by atoms with Crippen molar-refractivity contribution in [2.45, 2.75) is 51.6 Å². The fraction of sp³-hybridized carbons (Fsp3) is 0.846. The van der Waals surface area contributed by atoms with Crippen molar-refractivity contribution in [1.29, 1.82) is 0 Å². The summed E-state index contributed by atoms with van der Waals surface area (Å²) in [4.78, 5) is 25.8. The van der Waals surface area contributed by atoms with E-state index in [2.05, 4.69) is 12.2 Å². The molecular formula is C13H25N3O2S. The highest BCUT2D eigenvalue weighted by Crippen LogP contribution is 2.22. The van der Waals surface area contributed by atoms with Crippen LogP contribution in [0.25, 0.3) is 0 Å². The van der Waals surface area contributed by atoms with Crippen LogP contribution in [-0.4, -0.2) is 47.0 Å². The molecule has 110 valence electrons. The molecule has 0 radical (unpaired) electrons. The Hall–Kier alpha value is -0.750. The fourth-order valence-electron chi connectivity index (χ4n) is 1.92. The van der Waals surface area contributed by atoms with E-state index in [1.807, 2.05) is 6.92 Å². The van der Waals surface area contributed by atoms with Crippen molar-refractivity contribution >= 4 is 23.6 Å². The zero-order valence-corrected chi connectivity index (χ0v) is 12.7. The number of nitrogens with one attached hydrogen (secondary N) is 1. The molecule has 1 heterocycles. The van der Waals surface area contributed by atoms with Crippen LogP contribution in [0, 0.1) is 0 Å². The smallest absolute Gasteiger partial charge is 0.243 e. The van der Waals surface area contributed by atoms with E-state index in [-0.39, 0.29) is 23.9 Å². The van der Waals surface area contributed by atoms with Crippen LogP contribution in [0.2, 0.25) is 0 Å². The van der Waals surface area contributed by atoms with Crippen molar-refractivity contribution in [2.75, 3.05) is 18.2 Å². The van der Waals surface area contributed by atoms with Crippen LogP contribution in [0.3, 0.4) is 0 Å². The van der Waals surface area contributed by atoms with Crippen molar-refractivity contribution in [1.82, 2.24) is 10.2 Å². The molecule has 0 aromatic carbocycles. The highest BCUT2D eigenvalue weighted by molar-refractivity contribution is 7.99. The molecule has 0 aromatic rings. The van der Waals surface area contributed by atoms with Gasteiger partial charge in [0.2, 0.25) is 11.8 Å². The van der Waals surface area contributed by atoms with Gasteiger partial charge >= 0.3 is 0 Å². The van der Waals surface area contributed by atoms with Crippen LogP contribution in [0.1, 0.15) is 39.5 Å². The largest absolute Gasteiger partial charge is 0.354 e. The number of carbonyl (C=O) groups excluding carboxylic acids is 2. The molecule has 2 atom stereocenters. The third-order valence-corrected chi connectivity index (χ3v) is 4.16. The van der Waals surface area contributed by atoms with Gasteiger partial charge in [0, 0.05) is 24.8 Å². The lowest BCUT2D eigenvalue weighted by atomic mass is 10.2. The summed E-state index contributed by atoms with van der Waals surface area (Å²) in [6, 6.07) is -0.219. The fourth-order valence-corrected chi connectivity index (χ4v) is 3.10. The van der Waals surface area contributed by atoms with E-state index in [0.29, 0.717) is 24.6 Å². The predicted octanol–water partition coefficient (Wildman–Crippen LogP) is 0.932. The zero-order chi connectivity index (χ0) is 14.3. The Kier molecular flexibility index (Phi) is 7.23. The summed E-state index contributed by atoms with van der Waals surface area (Å²) in [5.41, 5.74) is 5.64. The zero-order valence-electron chi connectivity index (χ0n) is 11.9. The molecule has 0 aliphatic carbocycles. The van der Waals surface area contributed by atoms with Gasteiger partial charge < -0.3 is 16.0 Å². The molecule has 3 N–H and O–H groups in total. The van der Waals surface area contributed by atoms with Gasteiger partial charge in [-0.1, -0.05) is 13.3 Å². The van der Waals surface area contributed by atoms with Gasteiger partial charge in [-0.2, -0.15) is 0 Å². The summed E-state index contributed by atoms with van der Waals surface area (Å²) in [6.45, 7) is 4.55. The Labute approximate surface area is 119 Å². The molecule has 2 amide bonds. The maximum absolute atomic E-state index is 12.1. The first-order valence-corrected chi connectivity index (χ1v) is 8.12. The monoisotopic (exact) mass is 287 g/mol. The Morgan fingerprint density at radius 3 is 2.89 bits per heavy atom. The average molecular weight is 287 g/mol. The second-order valence-corrected chi connectivity index (χ2v) is 6.04. The number of nitrogens with zero attached hydrogens (tertiary/aromatic N) is 1. The van der Waals surface area contributed by atoms with E-state index in [4.69, 9.17) is 5.73 Å². The third-order valence-electron chi connectivity index (χ3n) is 3.15.